The Balaban J connectivity index is 1.65. The largest absolute Gasteiger partial charge is 0.457 e. The zero-order chi connectivity index (χ0) is 21.3. The van der Waals surface area contributed by atoms with Crippen LogP contribution in [0.1, 0.15) is 36.2 Å². The van der Waals surface area contributed by atoms with E-state index in [1.165, 1.54) is 5.01 Å². The van der Waals surface area contributed by atoms with Gasteiger partial charge in [-0.15, -0.1) is 0 Å². The number of rotatable bonds is 7. The minimum absolute atomic E-state index is 0.149. The molecule has 0 atom stereocenters. The topological polar surface area (TPSA) is 58.6 Å². The number of hydrazine groups is 1. The highest BCUT2D eigenvalue weighted by Crippen LogP contribution is 2.26. The van der Waals surface area contributed by atoms with Crippen LogP contribution in [0.25, 0.3) is 0 Å². The fourth-order valence-electron chi connectivity index (χ4n) is 3.03. The number of nitrogens with one attached hydrogen (secondary N) is 1. The summed E-state index contributed by atoms with van der Waals surface area (Å²) in [5, 5.41) is 1.40. The molecule has 0 unspecified atom stereocenters. The van der Waals surface area contributed by atoms with Gasteiger partial charge in [0, 0.05) is 18.0 Å². The van der Waals surface area contributed by atoms with Crippen molar-refractivity contribution < 1.29 is 14.3 Å². The molecular formula is C25H26N2O3. The van der Waals surface area contributed by atoms with Crippen LogP contribution in [-0.2, 0) is 11.2 Å². The van der Waals surface area contributed by atoms with Crippen LogP contribution in [-0.4, -0.2) is 22.9 Å². The number of hydrogen-bond acceptors (Lipinski definition) is 3. The molecular weight excluding hydrogens is 376 g/mol. The normalized spacial score (nSPS) is 10.5. The molecule has 5 heteroatoms. The summed E-state index contributed by atoms with van der Waals surface area (Å²) in [5.41, 5.74) is 4.19. The summed E-state index contributed by atoms with van der Waals surface area (Å²) in [6.45, 7) is 3.74. The summed E-state index contributed by atoms with van der Waals surface area (Å²) in [6.07, 6.45) is 0.759. The summed E-state index contributed by atoms with van der Waals surface area (Å²) in [5.74, 6) is 1.02. The molecule has 1 N–H and O–H groups in total. The van der Waals surface area contributed by atoms with Crippen molar-refractivity contribution in [3.63, 3.8) is 0 Å². The van der Waals surface area contributed by atoms with Crippen LogP contribution in [0, 0.1) is 0 Å². The van der Waals surface area contributed by atoms with E-state index in [1.54, 1.807) is 24.3 Å². The van der Waals surface area contributed by atoms with Crippen molar-refractivity contribution in [2.24, 2.45) is 0 Å². The predicted molar refractivity (Wildman–Crippen MR) is 117 cm³/mol. The molecule has 2 amide bonds. The number of ether oxygens (including phenoxy) is 1. The average molecular weight is 402 g/mol. The van der Waals surface area contributed by atoms with E-state index in [4.69, 9.17) is 4.74 Å². The van der Waals surface area contributed by atoms with Crippen LogP contribution in [0.5, 0.6) is 11.5 Å². The maximum Gasteiger partial charge on any atom is 0.269 e. The second kappa shape index (κ2) is 10.3. The molecule has 0 aliphatic carbocycles. The molecule has 0 heterocycles. The highest BCUT2D eigenvalue weighted by atomic mass is 16.5. The molecule has 0 spiro atoms. The van der Waals surface area contributed by atoms with Crippen LogP contribution in [0.2, 0.25) is 0 Å². The van der Waals surface area contributed by atoms with Gasteiger partial charge in [-0.05, 0) is 56.2 Å². The first kappa shape index (κ1) is 21.1. The van der Waals surface area contributed by atoms with E-state index in [0.717, 1.165) is 17.1 Å². The molecule has 3 rings (SSSR count). The summed E-state index contributed by atoms with van der Waals surface area (Å²) in [4.78, 5) is 25.3. The Morgan fingerprint density at radius 1 is 0.867 bits per heavy atom. The number of para-hydroxylation sites is 2. The van der Waals surface area contributed by atoms with Gasteiger partial charge in [-0.3, -0.25) is 20.0 Å². The van der Waals surface area contributed by atoms with E-state index >= 15 is 0 Å². The van der Waals surface area contributed by atoms with E-state index in [-0.39, 0.29) is 24.3 Å². The van der Waals surface area contributed by atoms with Crippen molar-refractivity contribution >= 4 is 11.8 Å². The van der Waals surface area contributed by atoms with Crippen LogP contribution >= 0.6 is 0 Å². The van der Waals surface area contributed by atoms with Crippen LogP contribution in [0.4, 0.5) is 0 Å². The number of carbonyl (C=O) groups excluding carboxylic acids is 2. The Morgan fingerprint density at radius 3 is 2.13 bits per heavy atom. The molecule has 0 saturated heterocycles. The fraction of sp³-hybridized carbons (Fsp3) is 0.200. The Bertz CT molecular complexity index is 972. The molecule has 0 aliphatic rings. The van der Waals surface area contributed by atoms with Crippen molar-refractivity contribution in [2.45, 2.75) is 32.7 Å². The lowest BCUT2D eigenvalue weighted by molar-refractivity contribution is -0.135. The minimum Gasteiger partial charge on any atom is -0.457 e. The second-order valence-corrected chi connectivity index (χ2v) is 7.19. The summed E-state index contributed by atoms with van der Waals surface area (Å²) >= 11 is 0. The lowest BCUT2D eigenvalue weighted by Gasteiger charge is -2.27. The molecule has 0 saturated carbocycles. The van der Waals surface area contributed by atoms with Gasteiger partial charge in [0.1, 0.15) is 11.5 Å². The van der Waals surface area contributed by atoms with Crippen LogP contribution in [0.15, 0.2) is 84.9 Å². The molecule has 0 fully saturated rings. The number of nitrogens with zero attached hydrogens (tertiary/aromatic N) is 1. The Kier molecular flexibility index (Phi) is 7.22. The van der Waals surface area contributed by atoms with Crippen molar-refractivity contribution in [3.8, 4) is 11.5 Å². The Morgan fingerprint density at radius 2 is 1.47 bits per heavy atom. The predicted octanol–water partition coefficient (Wildman–Crippen LogP) is 4.99. The first-order valence-corrected chi connectivity index (χ1v) is 10.0. The van der Waals surface area contributed by atoms with Gasteiger partial charge < -0.3 is 4.74 Å². The molecule has 0 aromatic heterocycles. The van der Waals surface area contributed by atoms with Crippen molar-refractivity contribution in [1.82, 2.24) is 10.4 Å². The zero-order valence-corrected chi connectivity index (χ0v) is 17.2. The first-order valence-electron chi connectivity index (χ1n) is 10.0. The summed E-state index contributed by atoms with van der Waals surface area (Å²) in [7, 11) is 0. The van der Waals surface area contributed by atoms with Gasteiger partial charge in [-0.25, -0.2) is 0 Å². The van der Waals surface area contributed by atoms with E-state index in [9.17, 15) is 9.59 Å². The van der Waals surface area contributed by atoms with Crippen LogP contribution < -0.4 is 10.2 Å². The third kappa shape index (κ3) is 5.70. The highest BCUT2D eigenvalue weighted by molar-refractivity contribution is 5.95. The van der Waals surface area contributed by atoms with Gasteiger partial charge >= 0.3 is 0 Å². The monoisotopic (exact) mass is 402 g/mol. The molecule has 0 radical (unpaired) electrons. The van der Waals surface area contributed by atoms with Gasteiger partial charge in [-0.1, -0.05) is 54.6 Å². The van der Waals surface area contributed by atoms with Crippen molar-refractivity contribution in [3.05, 3.63) is 96.1 Å². The minimum atomic E-state index is -0.300. The van der Waals surface area contributed by atoms with Crippen molar-refractivity contribution in [2.75, 3.05) is 0 Å². The Labute approximate surface area is 177 Å². The number of carbonyl (C=O) groups is 2. The lowest BCUT2D eigenvalue weighted by atomic mass is 10.1. The lowest BCUT2D eigenvalue weighted by Crippen LogP contribution is -2.50. The van der Waals surface area contributed by atoms with Crippen LogP contribution in [0.3, 0.4) is 0 Å². The maximum absolute atomic E-state index is 12.9. The highest BCUT2D eigenvalue weighted by Gasteiger charge is 2.20. The molecule has 30 heavy (non-hydrogen) atoms. The molecule has 5 nitrogen and oxygen atoms in total. The van der Waals surface area contributed by atoms with Gasteiger partial charge in [0.05, 0.1) is 0 Å². The standard InChI is InChI=1S/C25H26N2O3/c1-19(2)27(26-25(29)21-12-5-3-6-13-21)24(28)18-17-20-11-9-10-16-23(20)30-22-14-7-4-8-15-22/h3-16,19H,17-18H2,1-2H3,(H,26,29). The SMILES string of the molecule is CC(C)N(NC(=O)c1ccccc1)C(=O)CCc1ccccc1Oc1ccccc1. The van der Waals surface area contributed by atoms with Gasteiger partial charge in [0.25, 0.3) is 5.91 Å². The summed E-state index contributed by atoms with van der Waals surface area (Å²) < 4.78 is 5.98. The third-order valence-electron chi connectivity index (χ3n) is 4.59. The fourth-order valence-corrected chi connectivity index (χ4v) is 3.03. The van der Waals surface area contributed by atoms with Crippen molar-refractivity contribution in [1.29, 1.82) is 0 Å². The van der Waals surface area contributed by atoms with Gasteiger partial charge in [-0.2, -0.15) is 0 Å². The second-order valence-electron chi connectivity index (χ2n) is 7.19. The molecule has 0 bridgehead atoms. The smallest absolute Gasteiger partial charge is 0.269 e. The van der Waals surface area contributed by atoms with E-state index in [1.807, 2.05) is 74.5 Å². The number of hydrogen-bond donors (Lipinski definition) is 1. The number of benzene rings is 3. The number of aryl methyl sites for hydroxylation is 1. The molecule has 0 aliphatic heterocycles. The van der Waals surface area contributed by atoms with E-state index in [2.05, 4.69) is 5.43 Å². The zero-order valence-electron chi connectivity index (χ0n) is 17.2. The van der Waals surface area contributed by atoms with Gasteiger partial charge in [0.2, 0.25) is 5.91 Å². The third-order valence-corrected chi connectivity index (χ3v) is 4.59. The molecule has 3 aromatic rings. The average Bonchev–Trinajstić information content (AvgIpc) is 2.77. The maximum atomic E-state index is 12.9. The van der Waals surface area contributed by atoms with E-state index in [0.29, 0.717) is 12.0 Å². The van der Waals surface area contributed by atoms with Gasteiger partial charge in [0.15, 0.2) is 0 Å². The first-order chi connectivity index (χ1) is 14.5. The number of amides is 2. The quantitative estimate of drug-likeness (QED) is 0.566. The molecule has 3 aromatic carbocycles. The molecule has 154 valence electrons. The Hall–Kier alpha value is -3.60. The summed E-state index contributed by atoms with van der Waals surface area (Å²) in [6, 6.07) is 25.9. The van der Waals surface area contributed by atoms with E-state index < -0.39 is 0 Å².